The Morgan fingerprint density at radius 2 is 1.79 bits per heavy atom. The van der Waals surface area contributed by atoms with E-state index >= 15 is 0 Å². The summed E-state index contributed by atoms with van der Waals surface area (Å²) >= 11 is 0. The molecule has 0 fully saturated rings. The van der Waals surface area contributed by atoms with Gasteiger partial charge in [0.1, 0.15) is 17.5 Å². The van der Waals surface area contributed by atoms with Crippen LogP contribution in [0.3, 0.4) is 0 Å². The fourth-order valence-corrected chi connectivity index (χ4v) is 1.65. The summed E-state index contributed by atoms with van der Waals surface area (Å²) in [6, 6.07) is 3.35. The molecule has 1 heterocycles. The lowest BCUT2D eigenvalue weighted by Gasteiger charge is -2.19. The van der Waals surface area contributed by atoms with Crippen LogP contribution in [-0.2, 0) is 6.54 Å². The largest absolute Gasteiger partial charge is 0.341 e. The van der Waals surface area contributed by atoms with Crippen LogP contribution in [0.15, 0.2) is 24.4 Å². The zero-order valence-electron chi connectivity index (χ0n) is 11.2. The summed E-state index contributed by atoms with van der Waals surface area (Å²) in [7, 11) is 0. The van der Waals surface area contributed by atoms with E-state index in [1.54, 1.807) is 6.20 Å². The van der Waals surface area contributed by atoms with Crippen LogP contribution in [0.25, 0.3) is 11.4 Å². The quantitative estimate of drug-likeness (QED) is 0.894. The van der Waals surface area contributed by atoms with Gasteiger partial charge in [-0.3, -0.25) is 0 Å². The fraction of sp³-hybridized carbons (Fsp3) is 0.357. The normalized spacial score (nSPS) is 11.8. The Labute approximate surface area is 111 Å². The minimum absolute atomic E-state index is 0.00373. The first-order chi connectivity index (χ1) is 8.83. The number of imidazole rings is 1. The lowest BCUT2D eigenvalue weighted by Crippen LogP contribution is -2.35. The fourth-order valence-electron chi connectivity index (χ4n) is 1.65. The molecule has 5 heteroatoms. The highest BCUT2D eigenvalue weighted by Crippen LogP contribution is 2.18. The molecule has 2 aromatic rings. The minimum atomic E-state index is -0.610. The molecule has 0 radical (unpaired) electrons. The van der Waals surface area contributed by atoms with E-state index in [1.807, 2.05) is 0 Å². The number of aromatic nitrogens is 2. The molecule has 2 rings (SSSR count). The molecule has 0 unspecified atom stereocenters. The standard InChI is InChI=1S/C14H17F2N3/c1-14(2,3)18-8-12-7-17-13(19-12)9-4-10(15)6-11(16)5-9/h4-7,18H,8H2,1-3H3,(H,17,19). The predicted octanol–water partition coefficient (Wildman–Crippen LogP) is 3.24. The Hall–Kier alpha value is -1.75. The van der Waals surface area contributed by atoms with Crippen LogP contribution in [0.2, 0.25) is 0 Å². The van der Waals surface area contributed by atoms with E-state index < -0.39 is 11.6 Å². The molecular formula is C14H17F2N3. The summed E-state index contributed by atoms with van der Waals surface area (Å²) in [6.07, 6.45) is 1.66. The van der Waals surface area contributed by atoms with E-state index in [9.17, 15) is 8.78 Å². The van der Waals surface area contributed by atoms with Gasteiger partial charge in [-0.1, -0.05) is 0 Å². The smallest absolute Gasteiger partial charge is 0.137 e. The van der Waals surface area contributed by atoms with Gasteiger partial charge in [0, 0.05) is 35.6 Å². The maximum absolute atomic E-state index is 13.1. The highest BCUT2D eigenvalue weighted by atomic mass is 19.1. The molecule has 0 saturated heterocycles. The van der Waals surface area contributed by atoms with Gasteiger partial charge in [0.2, 0.25) is 0 Å². The van der Waals surface area contributed by atoms with Crippen LogP contribution in [0.1, 0.15) is 26.5 Å². The molecule has 3 nitrogen and oxygen atoms in total. The maximum Gasteiger partial charge on any atom is 0.137 e. The molecule has 2 N–H and O–H groups in total. The molecule has 0 atom stereocenters. The zero-order chi connectivity index (χ0) is 14.0. The van der Waals surface area contributed by atoms with Crippen LogP contribution in [0, 0.1) is 11.6 Å². The Balaban J connectivity index is 2.16. The molecule has 0 aliphatic rings. The molecule has 0 saturated carbocycles. The zero-order valence-corrected chi connectivity index (χ0v) is 11.2. The molecular weight excluding hydrogens is 248 g/mol. The number of hydrogen-bond acceptors (Lipinski definition) is 2. The second kappa shape index (κ2) is 5.09. The number of benzene rings is 1. The number of nitrogens with zero attached hydrogens (tertiary/aromatic N) is 1. The van der Waals surface area contributed by atoms with Crippen molar-refractivity contribution in [3.63, 3.8) is 0 Å². The second-order valence-corrected chi connectivity index (χ2v) is 5.52. The molecule has 19 heavy (non-hydrogen) atoms. The van der Waals surface area contributed by atoms with Crippen LogP contribution in [-0.4, -0.2) is 15.5 Å². The number of rotatable bonds is 3. The average Bonchev–Trinajstić information content (AvgIpc) is 2.72. The van der Waals surface area contributed by atoms with E-state index in [4.69, 9.17) is 0 Å². The van der Waals surface area contributed by atoms with Crippen LogP contribution in [0.5, 0.6) is 0 Å². The predicted molar refractivity (Wildman–Crippen MR) is 70.5 cm³/mol. The minimum Gasteiger partial charge on any atom is -0.341 e. The average molecular weight is 265 g/mol. The third-order valence-electron chi connectivity index (χ3n) is 2.57. The summed E-state index contributed by atoms with van der Waals surface area (Å²) in [5.41, 5.74) is 1.27. The van der Waals surface area contributed by atoms with Crippen molar-refractivity contribution in [1.29, 1.82) is 0 Å². The Morgan fingerprint density at radius 1 is 1.16 bits per heavy atom. The van der Waals surface area contributed by atoms with Crippen molar-refractivity contribution in [3.05, 3.63) is 41.7 Å². The van der Waals surface area contributed by atoms with Crippen LogP contribution in [0.4, 0.5) is 8.78 Å². The van der Waals surface area contributed by atoms with Crippen molar-refractivity contribution < 1.29 is 8.78 Å². The highest BCUT2D eigenvalue weighted by molar-refractivity contribution is 5.55. The second-order valence-electron chi connectivity index (χ2n) is 5.52. The van der Waals surface area contributed by atoms with Crippen molar-refractivity contribution in [2.24, 2.45) is 0 Å². The molecule has 0 bridgehead atoms. The third-order valence-corrected chi connectivity index (χ3v) is 2.57. The Morgan fingerprint density at radius 3 is 2.37 bits per heavy atom. The first-order valence-corrected chi connectivity index (χ1v) is 6.09. The van der Waals surface area contributed by atoms with Crippen LogP contribution < -0.4 is 5.32 Å². The van der Waals surface area contributed by atoms with Gasteiger partial charge in [-0.05, 0) is 32.9 Å². The van der Waals surface area contributed by atoms with E-state index in [0.717, 1.165) is 11.8 Å². The summed E-state index contributed by atoms with van der Waals surface area (Å²) in [5, 5.41) is 3.31. The molecule has 0 amide bonds. The van der Waals surface area contributed by atoms with Gasteiger partial charge in [-0.2, -0.15) is 0 Å². The summed E-state index contributed by atoms with van der Waals surface area (Å²) in [4.78, 5) is 7.19. The number of nitrogens with one attached hydrogen (secondary N) is 2. The van der Waals surface area contributed by atoms with Gasteiger partial charge in [0.25, 0.3) is 0 Å². The Bertz CT molecular complexity index is 550. The van der Waals surface area contributed by atoms with Gasteiger partial charge >= 0.3 is 0 Å². The molecule has 0 aliphatic heterocycles. The highest BCUT2D eigenvalue weighted by Gasteiger charge is 2.11. The molecule has 0 spiro atoms. The SMILES string of the molecule is CC(C)(C)NCc1cnc(-c2cc(F)cc(F)c2)[nH]1. The lowest BCUT2D eigenvalue weighted by molar-refractivity contribution is 0.422. The monoisotopic (exact) mass is 265 g/mol. The van der Waals surface area contributed by atoms with Crippen molar-refractivity contribution in [2.75, 3.05) is 0 Å². The molecule has 0 aliphatic carbocycles. The first kappa shape index (κ1) is 13.7. The topological polar surface area (TPSA) is 40.7 Å². The first-order valence-electron chi connectivity index (χ1n) is 6.09. The summed E-state index contributed by atoms with van der Waals surface area (Å²) < 4.78 is 26.3. The van der Waals surface area contributed by atoms with Gasteiger partial charge in [0.05, 0.1) is 0 Å². The Kier molecular flexibility index (Phi) is 3.66. The molecule has 102 valence electrons. The molecule has 1 aromatic carbocycles. The van der Waals surface area contributed by atoms with Crippen molar-refractivity contribution >= 4 is 0 Å². The van der Waals surface area contributed by atoms with Crippen molar-refractivity contribution in [3.8, 4) is 11.4 Å². The summed E-state index contributed by atoms with van der Waals surface area (Å²) in [6.45, 7) is 6.80. The lowest BCUT2D eigenvalue weighted by atomic mass is 10.1. The van der Waals surface area contributed by atoms with E-state index in [0.29, 0.717) is 17.9 Å². The van der Waals surface area contributed by atoms with Crippen LogP contribution >= 0.6 is 0 Å². The van der Waals surface area contributed by atoms with Gasteiger partial charge in [0.15, 0.2) is 0 Å². The summed E-state index contributed by atoms with van der Waals surface area (Å²) in [5.74, 6) is -0.759. The van der Waals surface area contributed by atoms with Gasteiger partial charge in [-0.15, -0.1) is 0 Å². The molecule has 1 aromatic heterocycles. The number of halogens is 2. The number of H-pyrrole nitrogens is 1. The third kappa shape index (κ3) is 3.86. The van der Waals surface area contributed by atoms with Crippen molar-refractivity contribution in [1.82, 2.24) is 15.3 Å². The maximum atomic E-state index is 13.1. The van der Waals surface area contributed by atoms with Crippen molar-refractivity contribution in [2.45, 2.75) is 32.9 Å². The number of hydrogen-bond donors (Lipinski definition) is 2. The van der Waals surface area contributed by atoms with Gasteiger partial charge < -0.3 is 10.3 Å². The van der Waals surface area contributed by atoms with Gasteiger partial charge in [-0.25, -0.2) is 13.8 Å². The van der Waals surface area contributed by atoms with E-state index in [1.165, 1.54) is 12.1 Å². The van der Waals surface area contributed by atoms with E-state index in [-0.39, 0.29) is 5.54 Å². The number of aromatic amines is 1. The van der Waals surface area contributed by atoms with E-state index in [2.05, 4.69) is 36.1 Å².